The molecule has 0 bridgehead atoms. The number of unbranched alkanes of at least 4 members (excludes halogenated alkanes) is 1. The van der Waals surface area contributed by atoms with Gasteiger partial charge in [0.2, 0.25) is 82.7 Å². The Morgan fingerprint density at radius 2 is 0.650 bits per heavy atom. The number of phenols is 1. The number of nitrogens with one attached hydrogen (secondary N) is 13. The molecule has 0 aromatic heterocycles. The molecule has 28 N–H and O–H groups in total. The van der Waals surface area contributed by atoms with Crippen molar-refractivity contribution < 1.29 is 151 Å². The average Bonchev–Trinajstić information content (AvgIpc) is 0.469. The Balaban J connectivity index is 2.55. The molecule has 0 aliphatic rings. The van der Waals surface area contributed by atoms with Gasteiger partial charge in [0.25, 0.3) is 0 Å². The molecule has 0 heterocycles. The Bertz CT molecular complexity index is 4080. The van der Waals surface area contributed by atoms with Crippen LogP contribution in [0.2, 0.25) is 0 Å². The van der Waals surface area contributed by atoms with Crippen molar-refractivity contribution >= 4 is 143 Å². The molecule has 123 heavy (non-hydrogen) atoms. The molecule has 680 valence electrons. The summed E-state index contributed by atoms with van der Waals surface area (Å²) in [5, 5.41) is 116. The zero-order valence-electron chi connectivity index (χ0n) is 67.5. The maximum absolute atomic E-state index is 14.4. The number of thiol groups is 1. The van der Waals surface area contributed by atoms with E-state index in [-0.39, 0.29) is 44.4 Å². The first-order chi connectivity index (χ1) is 57.7. The number of hydrogen-bond acceptors (Lipinski definition) is 26. The van der Waals surface area contributed by atoms with Crippen molar-refractivity contribution in [1.82, 2.24) is 69.1 Å². The lowest BCUT2D eigenvalue weighted by atomic mass is 9.96. The number of hydrogen-bond donors (Lipinski definition) is 26. The quantitative estimate of drug-likeness (QED) is 0.0216. The molecule has 0 spiro atoms. The van der Waals surface area contributed by atoms with Crippen LogP contribution in [0, 0.1) is 11.8 Å². The first kappa shape index (κ1) is 106. The van der Waals surface area contributed by atoms with Crippen LogP contribution in [0.4, 0.5) is 0 Å². The van der Waals surface area contributed by atoms with E-state index in [1.165, 1.54) is 38.1 Å². The van der Waals surface area contributed by atoms with Gasteiger partial charge in [0.05, 0.1) is 25.3 Å². The topological polar surface area (TPSA) is 792 Å². The summed E-state index contributed by atoms with van der Waals surface area (Å²) in [6.07, 6.45) is -12.7. The molecule has 48 heteroatoms. The van der Waals surface area contributed by atoms with Crippen molar-refractivity contribution in [2.45, 2.75) is 234 Å². The number of rotatable bonds is 60. The Labute approximate surface area is 708 Å². The molecule has 0 fully saturated rings. The van der Waals surface area contributed by atoms with Crippen LogP contribution in [-0.2, 0) is 118 Å². The van der Waals surface area contributed by atoms with Crippen molar-refractivity contribution in [3.05, 3.63) is 65.7 Å². The molecule has 0 saturated heterocycles. The minimum absolute atomic E-state index is 0.0476. The van der Waals surface area contributed by atoms with Crippen molar-refractivity contribution in [3.63, 3.8) is 0 Å². The molecular formula is C75H108N16O31S. The van der Waals surface area contributed by atoms with Gasteiger partial charge < -0.3 is 132 Å². The van der Waals surface area contributed by atoms with E-state index in [1.807, 2.05) is 10.6 Å². The molecule has 47 nitrogen and oxygen atoms in total. The third-order valence-electron chi connectivity index (χ3n) is 18.5. The van der Waals surface area contributed by atoms with Gasteiger partial charge >= 0.3 is 47.8 Å². The van der Waals surface area contributed by atoms with Crippen LogP contribution in [0.25, 0.3) is 0 Å². The molecular weight excluding hydrogens is 1650 g/mol. The predicted molar refractivity (Wildman–Crippen MR) is 426 cm³/mol. The zero-order chi connectivity index (χ0) is 93.1. The molecule has 2 rings (SSSR count). The first-order valence-electron chi connectivity index (χ1n) is 38.6. The summed E-state index contributed by atoms with van der Waals surface area (Å²) >= 11 is 4.23. The number of amides is 14. The van der Waals surface area contributed by atoms with Gasteiger partial charge in [-0.15, -0.1) is 0 Å². The van der Waals surface area contributed by atoms with Crippen LogP contribution in [0.1, 0.15) is 148 Å². The second-order valence-corrected chi connectivity index (χ2v) is 29.1. The maximum atomic E-state index is 14.4. The van der Waals surface area contributed by atoms with Gasteiger partial charge in [-0.1, -0.05) is 76.6 Å². The fourth-order valence-electron chi connectivity index (χ4n) is 11.6. The lowest BCUT2D eigenvalue weighted by molar-refractivity contribution is -0.148. The van der Waals surface area contributed by atoms with E-state index in [0.717, 1.165) is 0 Å². The fraction of sp³-hybridized carbons (Fsp3) is 0.547. The maximum Gasteiger partial charge on any atom is 0.326 e. The first-order valence-corrected chi connectivity index (χ1v) is 39.2. The van der Waals surface area contributed by atoms with Gasteiger partial charge in [0.15, 0.2) is 0 Å². The van der Waals surface area contributed by atoms with E-state index in [9.17, 15) is 146 Å². The largest absolute Gasteiger partial charge is 0.508 e. The summed E-state index contributed by atoms with van der Waals surface area (Å²) in [6, 6.07) is -11.8. The number of aliphatic carboxylic acids is 8. The standard InChI is InChI=1S/C75H108N16O31S/c1-5-36(4)61(91-71(117)47(30-38-14-16-39(92)17-15-38)85-62(108)40(77)29-37-11-7-6-8-12-37)74(120)89-51(34-123)72(118)83-46(22-27-56(100)101)68(114)90-60(35(2)3)73(119)84-45(21-26-55(98)99)67(113)86-48(31-57(102)103)69(115)82-42(18-23-52(78)93)64(110)79-41(13-9-10-28-76)63(109)80-43(19-24-53(94)95)65(111)81-44(20-25-54(96)97)66(112)87-49(32-58(104)105)70(116)88-50(75(121)122)33-59(106)107/h6-8,11-12,14-17,35-36,40-51,60-61,92,123H,5,9-10,13,18-34,76-77H2,1-4H3,(H2,78,93)(H,79,110)(H,80,109)(H,81,111)(H,82,115)(H,83,118)(H,84,119)(H,85,108)(H,86,113)(H,87,112)(H,88,116)(H,89,120)(H,90,114)(H,91,117)(H,94,95)(H,96,97)(H,98,99)(H,100,101)(H,102,103)(H,104,105)(H,106,107)(H,121,122)/t36-,40-,41-,42-,43-,44-,45-,46-,47-,48-,49-,50-,51-,60-,61-/m0/s1. The number of nitrogens with two attached hydrogens (primary N) is 3. The van der Waals surface area contributed by atoms with E-state index >= 15 is 0 Å². The molecule has 2 aromatic carbocycles. The summed E-state index contributed by atoms with van der Waals surface area (Å²) in [6.45, 7) is 5.91. The Hall–Kier alpha value is -13.1. The summed E-state index contributed by atoms with van der Waals surface area (Å²) in [5.41, 5.74) is 18.5. The number of benzene rings is 2. The number of primary amides is 1. The van der Waals surface area contributed by atoms with E-state index in [1.54, 1.807) is 49.5 Å². The Kier molecular flexibility index (Phi) is 46.7. The van der Waals surface area contributed by atoms with Gasteiger partial charge in [-0.05, 0) is 99.4 Å². The zero-order valence-corrected chi connectivity index (χ0v) is 68.4. The van der Waals surface area contributed by atoms with Crippen LogP contribution >= 0.6 is 12.6 Å². The van der Waals surface area contributed by atoms with E-state index < -0.39 is 323 Å². The van der Waals surface area contributed by atoms with Crippen molar-refractivity contribution in [3.8, 4) is 5.75 Å². The van der Waals surface area contributed by atoms with Crippen molar-refractivity contribution in [1.29, 1.82) is 0 Å². The second-order valence-electron chi connectivity index (χ2n) is 28.8. The predicted octanol–water partition coefficient (Wildman–Crippen LogP) is -6.20. The van der Waals surface area contributed by atoms with Gasteiger partial charge in [-0.25, -0.2) is 4.79 Å². The van der Waals surface area contributed by atoms with Gasteiger partial charge in [0.1, 0.15) is 84.3 Å². The van der Waals surface area contributed by atoms with Crippen LogP contribution < -0.4 is 86.3 Å². The number of carbonyl (C=O) groups excluding carboxylic acids is 14. The molecule has 0 aliphatic heterocycles. The second kappa shape index (κ2) is 54.2. The number of carboxylic acid groups (broad SMARTS) is 8. The highest BCUT2D eigenvalue weighted by Gasteiger charge is 2.40. The molecule has 2 aromatic rings. The van der Waals surface area contributed by atoms with Crippen molar-refractivity contribution in [2.24, 2.45) is 29.0 Å². The summed E-state index contributed by atoms with van der Waals surface area (Å²) < 4.78 is 0. The van der Waals surface area contributed by atoms with Gasteiger partial charge in [0, 0.05) is 44.3 Å². The summed E-state index contributed by atoms with van der Waals surface area (Å²) in [4.78, 5) is 290. The SMILES string of the molecule is CC[C@H](C)[C@H](NC(=O)[C@H](Cc1ccc(O)cc1)NC(=O)[C@@H](N)Cc1ccccc1)C(=O)N[C@@H](CS)C(=O)N[C@@H](CCC(=O)O)C(=O)N[C@H](C(=O)N[C@@H](CCC(=O)O)C(=O)N[C@@H](CC(=O)O)C(=O)N[C@@H](CCC(N)=O)C(=O)N[C@@H](CCCCN)C(=O)N[C@@H](CCC(=O)O)C(=O)N[C@@H](CCC(=O)O)C(=O)N[C@@H](CC(=O)O)C(=O)N[C@@H](CC(=O)O)C(=O)O)C(C)C. The normalized spacial score (nSPS) is 14.6. The molecule has 0 unspecified atom stereocenters. The van der Waals surface area contributed by atoms with Gasteiger partial charge in [-0.2, -0.15) is 12.6 Å². The lowest BCUT2D eigenvalue weighted by Crippen LogP contribution is -2.62. The minimum Gasteiger partial charge on any atom is -0.508 e. The highest BCUT2D eigenvalue weighted by atomic mass is 32.1. The van der Waals surface area contributed by atoms with E-state index in [0.29, 0.717) is 11.1 Å². The molecule has 0 saturated carbocycles. The summed E-state index contributed by atoms with van der Waals surface area (Å²) in [7, 11) is 0. The summed E-state index contributed by atoms with van der Waals surface area (Å²) in [5.74, 6) is -33.7. The van der Waals surface area contributed by atoms with Crippen LogP contribution in [-0.4, -0.2) is 273 Å². The van der Waals surface area contributed by atoms with Gasteiger partial charge in [-0.3, -0.25) is 101 Å². The molecule has 0 radical (unpaired) electrons. The molecule has 14 amide bonds. The number of phenolic OH excluding ortho intramolecular Hbond substituents is 1. The van der Waals surface area contributed by atoms with Crippen LogP contribution in [0.15, 0.2) is 54.6 Å². The Morgan fingerprint density at radius 1 is 0.341 bits per heavy atom. The smallest absolute Gasteiger partial charge is 0.326 e. The van der Waals surface area contributed by atoms with E-state index in [2.05, 4.69) is 65.8 Å². The van der Waals surface area contributed by atoms with Crippen LogP contribution in [0.5, 0.6) is 5.75 Å². The number of carboxylic acids is 8. The minimum atomic E-state index is -2.32. The number of carbonyl (C=O) groups is 22. The average molecular weight is 1760 g/mol. The molecule has 0 aliphatic carbocycles. The van der Waals surface area contributed by atoms with E-state index in [4.69, 9.17) is 22.3 Å². The highest BCUT2D eigenvalue weighted by Crippen LogP contribution is 2.17. The third-order valence-corrected chi connectivity index (χ3v) is 18.9. The van der Waals surface area contributed by atoms with Crippen LogP contribution in [0.3, 0.4) is 0 Å². The fourth-order valence-corrected chi connectivity index (χ4v) is 11.8. The lowest BCUT2D eigenvalue weighted by Gasteiger charge is -2.30. The monoisotopic (exact) mass is 1760 g/mol. The molecule has 15 atom stereocenters. The highest BCUT2D eigenvalue weighted by molar-refractivity contribution is 7.80. The van der Waals surface area contributed by atoms with Crippen molar-refractivity contribution in [2.75, 3.05) is 12.3 Å². The Morgan fingerprint density at radius 3 is 1.02 bits per heavy atom. The number of aromatic hydroxyl groups is 1. The third kappa shape index (κ3) is 40.6.